The van der Waals surface area contributed by atoms with E-state index in [-0.39, 0.29) is 12.5 Å². The molecule has 1 amide bonds. The Kier molecular flexibility index (Phi) is 5.93. The number of benzene rings is 2. The molecule has 2 aromatic carbocycles. The lowest BCUT2D eigenvalue weighted by Gasteiger charge is -2.32. The molecule has 0 aromatic heterocycles. The predicted molar refractivity (Wildman–Crippen MR) is 105 cm³/mol. The fourth-order valence-corrected chi connectivity index (χ4v) is 3.96. The topological polar surface area (TPSA) is 64.3 Å². The molecule has 0 bridgehead atoms. The van der Waals surface area contributed by atoms with Gasteiger partial charge in [-0.1, -0.05) is 24.3 Å². The molecular weight excluding hydrogens is 336 g/mol. The summed E-state index contributed by atoms with van der Waals surface area (Å²) in [6.07, 6.45) is 2.34. The van der Waals surface area contributed by atoms with Gasteiger partial charge in [0.2, 0.25) is 5.91 Å². The number of likely N-dealkylation sites (tertiary alicyclic amines) is 1. The number of aliphatic hydroxyl groups excluding tert-OH is 1. The lowest BCUT2D eigenvalue weighted by atomic mass is 9.88. The standard InChI is InChI=1S/C23H26N2O2/c1-16-11-19(14-24)12-17(2)22(16)13-23(27)25-9-7-21(8-10-25)20-5-3-18(15-26)4-6-20/h3-6,11-12,21,26H,7-10,13,15H2,1-2H3. The second kappa shape index (κ2) is 8.37. The number of aliphatic hydroxyl groups is 1. The van der Waals surface area contributed by atoms with Crippen molar-refractivity contribution in [2.75, 3.05) is 13.1 Å². The van der Waals surface area contributed by atoms with Crippen LogP contribution in [0, 0.1) is 25.2 Å². The van der Waals surface area contributed by atoms with Crippen molar-refractivity contribution in [3.05, 3.63) is 69.8 Å². The van der Waals surface area contributed by atoms with Crippen LogP contribution in [0.4, 0.5) is 0 Å². The third kappa shape index (κ3) is 4.37. The number of nitriles is 1. The van der Waals surface area contributed by atoms with E-state index in [1.165, 1.54) is 5.56 Å². The van der Waals surface area contributed by atoms with Crippen molar-refractivity contribution >= 4 is 5.91 Å². The molecule has 1 aliphatic rings. The summed E-state index contributed by atoms with van der Waals surface area (Å²) in [6.45, 7) is 5.57. The molecule has 0 unspecified atom stereocenters. The van der Waals surface area contributed by atoms with Crippen LogP contribution in [0.1, 0.15) is 52.1 Å². The number of piperidine rings is 1. The minimum atomic E-state index is 0.0708. The van der Waals surface area contributed by atoms with Crippen molar-refractivity contribution in [3.63, 3.8) is 0 Å². The number of hydrogen-bond acceptors (Lipinski definition) is 3. The zero-order valence-corrected chi connectivity index (χ0v) is 16.0. The first-order chi connectivity index (χ1) is 13.0. The van der Waals surface area contributed by atoms with Gasteiger partial charge in [-0.25, -0.2) is 0 Å². The zero-order chi connectivity index (χ0) is 19.4. The Balaban J connectivity index is 1.61. The number of aryl methyl sites for hydroxylation is 2. The van der Waals surface area contributed by atoms with E-state index in [9.17, 15) is 4.79 Å². The van der Waals surface area contributed by atoms with Gasteiger partial charge in [0.1, 0.15) is 0 Å². The van der Waals surface area contributed by atoms with Crippen LogP contribution in [0.3, 0.4) is 0 Å². The van der Waals surface area contributed by atoms with Crippen LogP contribution < -0.4 is 0 Å². The van der Waals surface area contributed by atoms with Crippen molar-refractivity contribution in [1.29, 1.82) is 5.26 Å². The quantitative estimate of drug-likeness (QED) is 0.903. The summed E-state index contributed by atoms with van der Waals surface area (Å²) < 4.78 is 0. The Bertz CT molecular complexity index is 834. The first-order valence-corrected chi connectivity index (χ1v) is 9.49. The Morgan fingerprint density at radius 3 is 2.26 bits per heavy atom. The zero-order valence-electron chi connectivity index (χ0n) is 16.0. The molecule has 4 nitrogen and oxygen atoms in total. The molecule has 1 aliphatic heterocycles. The monoisotopic (exact) mass is 362 g/mol. The number of rotatable bonds is 4. The molecule has 140 valence electrons. The van der Waals surface area contributed by atoms with E-state index in [2.05, 4.69) is 18.2 Å². The largest absolute Gasteiger partial charge is 0.392 e. The van der Waals surface area contributed by atoms with Crippen LogP contribution in [-0.2, 0) is 17.8 Å². The highest BCUT2D eigenvalue weighted by Crippen LogP contribution is 2.29. The van der Waals surface area contributed by atoms with Gasteiger partial charge in [-0.2, -0.15) is 5.26 Å². The lowest BCUT2D eigenvalue weighted by Crippen LogP contribution is -2.39. The van der Waals surface area contributed by atoms with Crippen molar-refractivity contribution < 1.29 is 9.90 Å². The van der Waals surface area contributed by atoms with Gasteiger partial charge in [0, 0.05) is 13.1 Å². The first-order valence-electron chi connectivity index (χ1n) is 9.49. The molecule has 3 rings (SSSR count). The average molecular weight is 362 g/mol. The molecule has 0 aliphatic carbocycles. The van der Waals surface area contributed by atoms with E-state index in [0.717, 1.165) is 48.2 Å². The van der Waals surface area contributed by atoms with Gasteiger partial charge in [0.25, 0.3) is 0 Å². The van der Waals surface area contributed by atoms with Crippen molar-refractivity contribution in [3.8, 4) is 6.07 Å². The summed E-state index contributed by atoms with van der Waals surface area (Å²) in [6, 6.07) is 14.0. The molecule has 0 spiro atoms. The molecule has 0 radical (unpaired) electrons. The number of nitrogens with zero attached hydrogens (tertiary/aromatic N) is 2. The SMILES string of the molecule is Cc1cc(C#N)cc(C)c1CC(=O)N1CCC(c2ccc(CO)cc2)CC1. The van der Waals surface area contributed by atoms with Crippen LogP contribution in [0.5, 0.6) is 0 Å². The van der Waals surface area contributed by atoms with Gasteiger partial charge in [0.15, 0.2) is 0 Å². The van der Waals surface area contributed by atoms with Crippen LogP contribution >= 0.6 is 0 Å². The van der Waals surface area contributed by atoms with Crippen LogP contribution in [0.25, 0.3) is 0 Å². The summed E-state index contributed by atoms with van der Waals surface area (Å²) in [5.74, 6) is 0.639. The highest BCUT2D eigenvalue weighted by molar-refractivity contribution is 5.79. The smallest absolute Gasteiger partial charge is 0.227 e. The van der Waals surface area contributed by atoms with E-state index in [1.807, 2.05) is 43.0 Å². The molecule has 0 saturated carbocycles. The van der Waals surface area contributed by atoms with Gasteiger partial charge in [-0.3, -0.25) is 4.79 Å². The summed E-state index contributed by atoms with van der Waals surface area (Å²) in [4.78, 5) is 14.8. The van der Waals surface area contributed by atoms with E-state index < -0.39 is 0 Å². The fraction of sp³-hybridized carbons (Fsp3) is 0.391. The van der Waals surface area contributed by atoms with E-state index in [1.54, 1.807) is 0 Å². The van der Waals surface area contributed by atoms with E-state index in [4.69, 9.17) is 10.4 Å². The summed E-state index contributed by atoms with van der Waals surface area (Å²) in [7, 11) is 0. The maximum atomic E-state index is 12.8. The number of carbonyl (C=O) groups excluding carboxylic acids is 1. The molecule has 1 heterocycles. The lowest BCUT2D eigenvalue weighted by molar-refractivity contribution is -0.131. The van der Waals surface area contributed by atoms with Gasteiger partial charge in [-0.15, -0.1) is 0 Å². The van der Waals surface area contributed by atoms with Crippen molar-refractivity contribution in [2.24, 2.45) is 0 Å². The third-order valence-electron chi connectivity index (χ3n) is 5.63. The molecule has 27 heavy (non-hydrogen) atoms. The van der Waals surface area contributed by atoms with Gasteiger partial charge < -0.3 is 10.0 Å². The minimum absolute atomic E-state index is 0.0708. The normalized spacial score (nSPS) is 14.8. The van der Waals surface area contributed by atoms with E-state index in [0.29, 0.717) is 17.9 Å². The molecule has 1 N–H and O–H groups in total. The summed E-state index contributed by atoms with van der Waals surface area (Å²) >= 11 is 0. The number of carbonyl (C=O) groups is 1. The third-order valence-corrected chi connectivity index (χ3v) is 5.63. The Hall–Kier alpha value is -2.64. The Morgan fingerprint density at radius 1 is 1.15 bits per heavy atom. The predicted octanol–water partition coefficient (Wildman–Crippen LogP) is 3.62. The molecule has 1 saturated heterocycles. The molecular formula is C23H26N2O2. The van der Waals surface area contributed by atoms with Crippen LogP contribution in [-0.4, -0.2) is 29.0 Å². The van der Waals surface area contributed by atoms with Gasteiger partial charge in [-0.05, 0) is 72.6 Å². The van der Waals surface area contributed by atoms with Crippen LogP contribution in [0.2, 0.25) is 0 Å². The Morgan fingerprint density at radius 2 is 1.74 bits per heavy atom. The maximum absolute atomic E-state index is 12.8. The second-order valence-corrected chi connectivity index (χ2v) is 7.43. The van der Waals surface area contributed by atoms with Crippen molar-refractivity contribution in [2.45, 2.75) is 45.6 Å². The van der Waals surface area contributed by atoms with Crippen LogP contribution in [0.15, 0.2) is 36.4 Å². The first kappa shape index (κ1) is 19.1. The highest BCUT2D eigenvalue weighted by Gasteiger charge is 2.24. The van der Waals surface area contributed by atoms with Gasteiger partial charge >= 0.3 is 0 Å². The summed E-state index contributed by atoms with van der Waals surface area (Å²) in [5, 5.41) is 18.2. The average Bonchev–Trinajstić information content (AvgIpc) is 2.70. The molecule has 1 fully saturated rings. The summed E-state index contributed by atoms with van der Waals surface area (Å²) in [5.41, 5.74) is 5.94. The van der Waals surface area contributed by atoms with Gasteiger partial charge in [0.05, 0.1) is 24.7 Å². The molecule has 4 heteroatoms. The minimum Gasteiger partial charge on any atom is -0.392 e. The van der Waals surface area contributed by atoms with E-state index >= 15 is 0 Å². The molecule has 2 aromatic rings. The molecule has 0 atom stereocenters. The fourth-order valence-electron chi connectivity index (χ4n) is 3.96. The second-order valence-electron chi connectivity index (χ2n) is 7.43. The highest BCUT2D eigenvalue weighted by atomic mass is 16.3. The van der Waals surface area contributed by atoms with Crippen molar-refractivity contribution in [1.82, 2.24) is 4.90 Å². The maximum Gasteiger partial charge on any atom is 0.227 e. The Labute approximate surface area is 161 Å². The number of amides is 1. The number of hydrogen-bond donors (Lipinski definition) is 1.